The summed E-state index contributed by atoms with van der Waals surface area (Å²) >= 11 is 0. The lowest BCUT2D eigenvalue weighted by atomic mass is 10.0. The van der Waals surface area contributed by atoms with Gasteiger partial charge in [-0.3, -0.25) is 24.2 Å². The molecule has 1 aliphatic heterocycles. The summed E-state index contributed by atoms with van der Waals surface area (Å²) in [5.41, 5.74) is 18.1. The van der Waals surface area contributed by atoms with Gasteiger partial charge in [-0.15, -0.1) is 0 Å². The standard InChI is InChI=1S/C29H40N8O4/c30-25(38)23(17-19-9-3-1-4-10-19)36-27(40)22(14-8-16-34-29(31)32)35-28(41)24(18-20-11-5-2-6-12-20)37-26(39)21-13-7-15-33-21/h1-6,9-12,21-24,33H,7-8,13-18H2,(H2,30,38)(H,35,41)(H,36,40)(H,37,39)(H4,31,32,34). The number of rotatable bonds is 15. The maximum atomic E-state index is 13.6. The van der Waals surface area contributed by atoms with Crippen LogP contribution in [0.1, 0.15) is 36.8 Å². The van der Waals surface area contributed by atoms with E-state index < -0.39 is 35.8 Å². The zero-order valence-corrected chi connectivity index (χ0v) is 23.1. The highest BCUT2D eigenvalue weighted by atomic mass is 16.2. The lowest BCUT2D eigenvalue weighted by Crippen LogP contribution is -2.58. The third-order valence-electron chi connectivity index (χ3n) is 6.81. The third kappa shape index (κ3) is 10.6. The molecule has 0 saturated carbocycles. The van der Waals surface area contributed by atoms with Crippen molar-refractivity contribution >= 4 is 29.6 Å². The van der Waals surface area contributed by atoms with Crippen LogP contribution in [0.4, 0.5) is 0 Å². The minimum absolute atomic E-state index is 0.0853. The number of benzene rings is 2. The number of nitrogens with one attached hydrogen (secondary N) is 4. The highest BCUT2D eigenvalue weighted by molar-refractivity contribution is 5.94. The van der Waals surface area contributed by atoms with E-state index in [-0.39, 0.29) is 43.7 Å². The molecule has 12 heteroatoms. The number of amides is 4. The van der Waals surface area contributed by atoms with Crippen molar-refractivity contribution in [2.24, 2.45) is 22.2 Å². The number of nitrogens with zero attached hydrogens (tertiary/aromatic N) is 1. The third-order valence-corrected chi connectivity index (χ3v) is 6.81. The first kappa shape index (κ1) is 31.1. The maximum absolute atomic E-state index is 13.6. The molecule has 0 aliphatic carbocycles. The first-order valence-electron chi connectivity index (χ1n) is 13.8. The number of aliphatic imine (C=N–C) groups is 1. The molecule has 4 unspecified atom stereocenters. The van der Waals surface area contributed by atoms with E-state index in [2.05, 4.69) is 26.3 Å². The molecule has 0 radical (unpaired) electrons. The summed E-state index contributed by atoms with van der Waals surface area (Å²) < 4.78 is 0. The zero-order valence-electron chi connectivity index (χ0n) is 23.1. The Morgan fingerprint density at radius 3 is 1.90 bits per heavy atom. The molecule has 0 spiro atoms. The van der Waals surface area contributed by atoms with Gasteiger partial charge in [0.1, 0.15) is 18.1 Å². The predicted octanol–water partition coefficient (Wildman–Crippen LogP) is -0.783. The highest BCUT2D eigenvalue weighted by Gasteiger charge is 2.31. The molecular formula is C29H40N8O4. The second-order valence-corrected chi connectivity index (χ2v) is 10.1. The monoisotopic (exact) mass is 564 g/mol. The van der Waals surface area contributed by atoms with Crippen molar-refractivity contribution in [3.05, 3.63) is 71.8 Å². The molecule has 4 amide bonds. The molecule has 3 rings (SSSR count). The van der Waals surface area contributed by atoms with Gasteiger partial charge in [0.05, 0.1) is 6.04 Å². The van der Waals surface area contributed by atoms with Crippen molar-refractivity contribution in [1.82, 2.24) is 21.3 Å². The SMILES string of the molecule is NC(=O)C(Cc1ccccc1)NC(=O)C(CCCN=C(N)N)NC(=O)C(Cc1ccccc1)NC(=O)C1CCCN1. The molecule has 1 heterocycles. The van der Waals surface area contributed by atoms with Gasteiger partial charge in [-0.1, -0.05) is 60.7 Å². The summed E-state index contributed by atoms with van der Waals surface area (Å²) in [7, 11) is 0. The average molecular weight is 565 g/mol. The molecule has 10 N–H and O–H groups in total. The first-order chi connectivity index (χ1) is 19.7. The fourth-order valence-corrected chi connectivity index (χ4v) is 4.63. The Morgan fingerprint density at radius 2 is 1.37 bits per heavy atom. The van der Waals surface area contributed by atoms with Crippen LogP contribution in [0.3, 0.4) is 0 Å². The average Bonchev–Trinajstić information content (AvgIpc) is 3.50. The van der Waals surface area contributed by atoms with Gasteiger partial charge < -0.3 is 38.5 Å². The smallest absolute Gasteiger partial charge is 0.243 e. The largest absolute Gasteiger partial charge is 0.370 e. The van der Waals surface area contributed by atoms with Gasteiger partial charge in [0.2, 0.25) is 23.6 Å². The van der Waals surface area contributed by atoms with Crippen LogP contribution in [0, 0.1) is 0 Å². The maximum Gasteiger partial charge on any atom is 0.243 e. The molecule has 12 nitrogen and oxygen atoms in total. The number of nitrogens with two attached hydrogens (primary N) is 3. The lowest BCUT2D eigenvalue weighted by Gasteiger charge is -2.25. The fourth-order valence-electron chi connectivity index (χ4n) is 4.63. The number of guanidine groups is 1. The molecule has 1 saturated heterocycles. The van der Waals surface area contributed by atoms with E-state index in [0.29, 0.717) is 12.8 Å². The van der Waals surface area contributed by atoms with Crippen LogP contribution in [0.2, 0.25) is 0 Å². The predicted molar refractivity (Wildman–Crippen MR) is 156 cm³/mol. The number of carbonyl (C=O) groups excluding carboxylic acids is 4. The van der Waals surface area contributed by atoms with Gasteiger partial charge in [-0.25, -0.2) is 0 Å². The van der Waals surface area contributed by atoms with E-state index in [1.807, 2.05) is 60.7 Å². The van der Waals surface area contributed by atoms with Crippen LogP contribution in [0.15, 0.2) is 65.7 Å². The van der Waals surface area contributed by atoms with Crippen molar-refractivity contribution in [3.8, 4) is 0 Å². The molecule has 0 bridgehead atoms. The van der Waals surface area contributed by atoms with Crippen LogP contribution in [-0.4, -0.2) is 66.8 Å². The molecular weight excluding hydrogens is 524 g/mol. The second kappa shape index (κ2) is 16.0. The van der Waals surface area contributed by atoms with Gasteiger partial charge >= 0.3 is 0 Å². The Balaban J connectivity index is 1.76. The van der Waals surface area contributed by atoms with E-state index in [1.165, 1.54) is 0 Å². The Kier molecular flexibility index (Phi) is 12.1. The van der Waals surface area contributed by atoms with Crippen LogP contribution in [-0.2, 0) is 32.0 Å². The molecule has 1 fully saturated rings. The normalized spacial score (nSPS) is 16.5. The Hall–Kier alpha value is -4.45. The molecule has 4 atom stereocenters. The van der Waals surface area contributed by atoms with E-state index in [4.69, 9.17) is 17.2 Å². The van der Waals surface area contributed by atoms with Gasteiger partial charge in [0.15, 0.2) is 5.96 Å². The quantitative estimate of drug-likeness (QED) is 0.0833. The number of primary amides is 1. The minimum atomic E-state index is -1.03. The van der Waals surface area contributed by atoms with Crippen molar-refractivity contribution < 1.29 is 19.2 Å². The topological polar surface area (TPSA) is 207 Å². The summed E-state index contributed by atoms with van der Waals surface area (Å²) in [6, 6.07) is 15.1. The van der Waals surface area contributed by atoms with Gasteiger partial charge in [0.25, 0.3) is 0 Å². The van der Waals surface area contributed by atoms with Crippen LogP contribution in [0.5, 0.6) is 0 Å². The summed E-state index contributed by atoms with van der Waals surface area (Å²) in [4.78, 5) is 56.0. The molecule has 2 aromatic carbocycles. The van der Waals surface area contributed by atoms with Gasteiger partial charge in [-0.2, -0.15) is 0 Å². The van der Waals surface area contributed by atoms with Crippen molar-refractivity contribution in [1.29, 1.82) is 0 Å². The first-order valence-corrected chi connectivity index (χ1v) is 13.8. The Labute approximate surface area is 239 Å². The van der Waals surface area contributed by atoms with Gasteiger partial charge in [-0.05, 0) is 43.4 Å². The minimum Gasteiger partial charge on any atom is -0.370 e. The lowest BCUT2D eigenvalue weighted by molar-refractivity contribution is -0.133. The van der Waals surface area contributed by atoms with E-state index in [0.717, 1.165) is 24.1 Å². The molecule has 41 heavy (non-hydrogen) atoms. The number of carbonyl (C=O) groups is 4. The summed E-state index contributed by atoms with van der Waals surface area (Å²) in [5.74, 6) is -2.17. The van der Waals surface area contributed by atoms with Gasteiger partial charge in [0, 0.05) is 19.4 Å². The van der Waals surface area contributed by atoms with Crippen molar-refractivity contribution in [3.63, 3.8) is 0 Å². The summed E-state index contributed by atoms with van der Waals surface area (Å²) in [6.45, 7) is 0.971. The number of hydrogen-bond acceptors (Lipinski definition) is 6. The summed E-state index contributed by atoms with van der Waals surface area (Å²) in [5, 5.41) is 11.4. The highest BCUT2D eigenvalue weighted by Crippen LogP contribution is 2.10. The molecule has 1 aliphatic rings. The van der Waals surface area contributed by atoms with Crippen LogP contribution in [0.25, 0.3) is 0 Å². The molecule has 220 valence electrons. The van der Waals surface area contributed by atoms with Crippen LogP contribution < -0.4 is 38.5 Å². The fraction of sp³-hybridized carbons (Fsp3) is 0.414. The Morgan fingerprint density at radius 1 is 0.805 bits per heavy atom. The van der Waals surface area contributed by atoms with Crippen molar-refractivity contribution in [2.75, 3.05) is 13.1 Å². The zero-order chi connectivity index (χ0) is 29.6. The second-order valence-electron chi connectivity index (χ2n) is 10.1. The van der Waals surface area contributed by atoms with E-state index >= 15 is 0 Å². The number of hydrogen-bond donors (Lipinski definition) is 7. The van der Waals surface area contributed by atoms with Crippen molar-refractivity contribution in [2.45, 2.75) is 62.7 Å². The molecule has 2 aromatic rings. The van der Waals surface area contributed by atoms with E-state index in [1.54, 1.807) is 0 Å². The Bertz CT molecular complexity index is 1180. The molecule has 0 aromatic heterocycles. The van der Waals surface area contributed by atoms with E-state index in [9.17, 15) is 19.2 Å². The van der Waals surface area contributed by atoms with Crippen LogP contribution >= 0.6 is 0 Å². The summed E-state index contributed by atoms with van der Waals surface area (Å²) in [6.07, 6.45) is 2.52.